The Morgan fingerprint density at radius 1 is 1.02 bits per heavy atom. The summed E-state index contributed by atoms with van der Waals surface area (Å²) in [5, 5.41) is 3.31. The first-order chi connectivity index (χ1) is 19.3. The lowest BCUT2D eigenvalue weighted by atomic mass is 9.95. The number of hydrogen-bond acceptors (Lipinski definition) is 9. The Morgan fingerprint density at radius 3 is 2.52 bits per heavy atom. The summed E-state index contributed by atoms with van der Waals surface area (Å²) < 4.78 is 32.9. The second-order valence-corrected chi connectivity index (χ2v) is 11.0. The molecule has 40 heavy (non-hydrogen) atoms. The Balaban J connectivity index is 1.26. The maximum Gasteiger partial charge on any atom is 0.339 e. The van der Waals surface area contributed by atoms with Crippen molar-refractivity contribution in [3.8, 4) is 0 Å². The Kier molecular flexibility index (Phi) is 7.99. The Morgan fingerprint density at radius 2 is 1.77 bits per heavy atom. The molecule has 0 radical (unpaired) electrons. The number of carbonyl (C=O) groups excluding carboxylic acids is 2. The maximum atomic E-state index is 13.3. The molecule has 11 nitrogen and oxygen atoms in total. The third-order valence-corrected chi connectivity index (χ3v) is 7.79. The highest BCUT2D eigenvalue weighted by Gasteiger charge is 2.27. The van der Waals surface area contributed by atoms with E-state index in [4.69, 9.17) is 9.72 Å². The number of benzene rings is 2. The Hall–Kier alpha value is -4.42. The van der Waals surface area contributed by atoms with Crippen molar-refractivity contribution in [3.05, 3.63) is 83.8 Å². The standard InChI is InChI=1S/C28H28N6O5S/c1-2-15-34-16-12-24-22(17-34)26(21-6-3-4-7-23(21)32-24)27(36)39-18-25(35)31-19-8-10-20(11-9-19)40(37,38)33-28-29-13-5-14-30-28/h3-11,13-14H,2,12,15-18H2,1H3,(H,31,35)(H,29,30,33). The van der Waals surface area contributed by atoms with E-state index in [1.54, 1.807) is 6.07 Å². The number of para-hydroxylation sites is 1. The van der Waals surface area contributed by atoms with E-state index in [-0.39, 0.29) is 10.8 Å². The average molecular weight is 561 g/mol. The summed E-state index contributed by atoms with van der Waals surface area (Å²) in [6.45, 7) is 4.00. The lowest BCUT2D eigenvalue weighted by molar-refractivity contribution is -0.119. The minimum absolute atomic E-state index is 0.0316. The number of esters is 1. The molecule has 2 aromatic carbocycles. The SMILES string of the molecule is CCCN1CCc2nc3ccccc3c(C(=O)OCC(=O)Nc3ccc(S(=O)(=O)Nc4ncccn4)cc3)c2C1. The van der Waals surface area contributed by atoms with E-state index in [9.17, 15) is 18.0 Å². The molecule has 0 saturated carbocycles. The van der Waals surface area contributed by atoms with Crippen LogP contribution in [0.15, 0.2) is 71.9 Å². The molecule has 2 aromatic heterocycles. The number of rotatable bonds is 9. The first-order valence-corrected chi connectivity index (χ1v) is 14.3. The molecular weight excluding hydrogens is 532 g/mol. The van der Waals surface area contributed by atoms with Crippen molar-refractivity contribution in [2.24, 2.45) is 0 Å². The molecular formula is C28H28N6O5S. The summed E-state index contributed by atoms with van der Waals surface area (Å²) >= 11 is 0. The zero-order valence-electron chi connectivity index (χ0n) is 21.8. The van der Waals surface area contributed by atoms with Gasteiger partial charge >= 0.3 is 5.97 Å². The molecule has 0 atom stereocenters. The molecule has 1 aliphatic heterocycles. The molecule has 4 aromatic rings. The molecule has 0 saturated heterocycles. The van der Waals surface area contributed by atoms with Crippen molar-refractivity contribution in [2.75, 3.05) is 29.7 Å². The number of anilines is 2. The number of carbonyl (C=O) groups is 2. The van der Waals surface area contributed by atoms with Crippen LogP contribution in [0.3, 0.4) is 0 Å². The molecule has 2 N–H and O–H groups in total. The molecule has 206 valence electrons. The third kappa shape index (κ3) is 6.08. The second-order valence-electron chi connectivity index (χ2n) is 9.28. The minimum atomic E-state index is -3.91. The molecule has 0 aliphatic carbocycles. The van der Waals surface area contributed by atoms with Gasteiger partial charge in [-0.25, -0.2) is 27.9 Å². The van der Waals surface area contributed by atoms with Gasteiger partial charge in [-0.05, 0) is 49.4 Å². The highest BCUT2D eigenvalue weighted by atomic mass is 32.2. The number of hydrogen-bond donors (Lipinski definition) is 2. The van der Waals surface area contributed by atoms with E-state index >= 15 is 0 Å². The summed E-state index contributed by atoms with van der Waals surface area (Å²) in [6, 6.07) is 14.5. The number of pyridine rings is 1. The van der Waals surface area contributed by atoms with Gasteiger partial charge in [0.15, 0.2) is 6.61 Å². The van der Waals surface area contributed by atoms with Gasteiger partial charge in [-0.1, -0.05) is 25.1 Å². The topological polar surface area (TPSA) is 143 Å². The largest absolute Gasteiger partial charge is 0.452 e. The highest BCUT2D eigenvalue weighted by Crippen LogP contribution is 2.29. The normalized spacial score (nSPS) is 13.4. The van der Waals surface area contributed by atoms with Crippen LogP contribution in [0.4, 0.5) is 11.6 Å². The van der Waals surface area contributed by atoms with E-state index in [1.807, 2.05) is 24.3 Å². The predicted octanol–water partition coefficient (Wildman–Crippen LogP) is 3.39. The van der Waals surface area contributed by atoms with Crippen LogP contribution in [0.25, 0.3) is 10.9 Å². The number of fused-ring (bicyclic) bond motifs is 2. The van der Waals surface area contributed by atoms with Crippen molar-refractivity contribution >= 4 is 44.4 Å². The molecule has 1 amide bonds. The van der Waals surface area contributed by atoms with E-state index in [2.05, 4.69) is 31.8 Å². The fourth-order valence-electron chi connectivity index (χ4n) is 4.63. The first kappa shape index (κ1) is 27.2. The summed E-state index contributed by atoms with van der Waals surface area (Å²) in [5.41, 5.74) is 3.22. The van der Waals surface area contributed by atoms with Gasteiger partial charge in [0.05, 0.1) is 16.0 Å². The molecule has 5 rings (SSSR count). The van der Waals surface area contributed by atoms with Crippen LogP contribution < -0.4 is 10.0 Å². The minimum Gasteiger partial charge on any atom is -0.452 e. The summed E-state index contributed by atoms with van der Waals surface area (Å²) in [4.78, 5) is 40.7. The predicted molar refractivity (Wildman–Crippen MR) is 149 cm³/mol. The maximum absolute atomic E-state index is 13.3. The van der Waals surface area contributed by atoms with E-state index < -0.39 is 28.5 Å². The van der Waals surface area contributed by atoms with Crippen molar-refractivity contribution in [2.45, 2.75) is 31.2 Å². The van der Waals surface area contributed by atoms with Crippen molar-refractivity contribution in [1.82, 2.24) is 19.9 Å². The smallest absolute Gasteiger partial charge is 0.339 e. The molecule has 0 spiro atoms. The van der Waals surface area contributed by atoms with Crippen LogP contribution in [-0.4, -0.2) is 59.8 Å². The molecule has 1 aliphatic rings. The average Bonchev–Trinajstić information content (AvgIpc) is 2.95. The van der Waals surface area contributed by atoms with E-state index in [0.29, 0.717) is 28.7 Å². The molecule has 3 heterocycles. The monoisotopic (exact) mass is 560 g/mol. The van der Waals surface area contributed by atoms with Crippen LogP contribution in [0.5, 0.6) is 0 Å². The van der Waals surface area contributed by atoms with E-state index in [1.165, 1.54) is 36.7 Å². The molecule has 12 heteroatoms. The van der Waals surface area contributed by atoms with Crippen LogP contribution in [0.2, 0.25) is 0 Å². The summed E-state index contributed by atoms with van der Waals surface area (Å²) in [7, 11) is -3.91. The molecule has 0 unspecified atom stereocenters. The van der Waals surface area contributed by atoms with Crippen LogP contribution in [0, 0.1) is 0 Å². The van der Waals surface area contributed by atoms with Gasteiger partial charge in [-0.3, -0.25) is 14.7 Å². The number of nitrogens with one attached hydrogen (secondary N) is 2. The van der Waals surface area contributed by atoms with Gasteiger partial charge in [0, 0.05) is 54.2 Å². The Labute approximate surface area is 231 Å². The number of aromatic nitrogens is 3. The van der Waals surface area contributed by atoms with Crippen LogP contribution in [-0.2, 0) is 32.5 Å². The Bertz CT molecular complexity index is 1650. The second kappa shape index (κ2) is 11.8. The zero-order valence-corrected chi connectivity index (χ0v) is 22.6. The number of sulfonamides is 1. The van der Waals surface area contributed by atoms with Crippen molar-refractivity contribution < 1.29 is 22.7 Å². The lowest BCUT2D eigenvalue weighted by Gasteiger charge is -2.29. The third-order valence-electron chi connectivity index (χ3n) is 6.44. The van der Waals surface area contributed by atoms with Gasteiger partial charge in [0.1, 0.15) is 0 Å². The quantitative estimate of drug-likeness (QED) is 0.294. The van der Waals surface area contributed by atoms with Gasteiger partial charge in [0.2, 0.25) is 5.95 Å². The molecule has 0 fully saturated rings. The summed E-state index contributed by atoms with van der Waals surface area (Å²) in [6.07, 6.45) is 4.58. The van der Waals surface area contributed by atoms with Gasteiger partial charge in [-0.2, -0.15) is 0 Å². The van der Waals surface area contributed by atoms with Crippen molar-refractivity contribution in [3.63, 3.8) is 0 Å². The zero-order chi connectivity index (χ0) is 28.1. The van der Waals surface area contributed by atoms with Crippen molar-refractivity contribution in [1.29, 1.82) is 0 Å². The number of ether oxygens (including phenoxy) is 1. The van der Waals surface area contributed by atoms with Crippen LogP contribution in [0.1, 0.15) is 35.0 Å². The lowest BCUT2D eigenvalue weighted by Crippen LogP contribution is -2.33. The molecule has 0 bridgehead atoms. The van der Waals surface area contributed by atoms with E-state index in [0.717, 1.165) is 37.2 Å². The van der Waals surface area contributed by atoms with Gasteiger partial charge in [-0.15, -0.1) is 0 Å². The first-order valence-electron chi connectivity index (χ1n) is 12.8. The van der Waals surface area contributed by atoms with Gasteiger partial charge < -0.3 is 10.1 Å². The van der Waals surface area contributed by atoms with Crippen LogP contribution >= 0.6 is 0 Å². The number of nitrogens with zero attached hydrogens (tertiary/aromatic N) is 4. The summed E-state index contributed by atoms with van der Waals surface area (Å²) in [5.74, 6) is -1.19. The van der Waals surface area contributed by atoms with Gasteiger partial charge in [0.25, 0.3) is 15.9 Å². The number of amides is 1. The highest BCUT2D eigenvalue weighted by molar-refractivity contribution is 7.92. The fraction of sp³-hybridized carbons (Fsp3) is 0.250. The fourth-order valence-corrected chi connectivity index (χ4v) is 5.59.